The van der Waals surface area contributed by atoms with Crippen molar-refractivity contribution in [1.82, 2.24) is 15.6 Å². The van der Waals surface area contributed by atoms with Gasteiger partial charge in [0.2, 0.25) is 0 Å². The molecule has 3 amide bonds. The fourth-order valence-corrected chi connectivity index (χ4v) is 5.16. The highest BCUT2D eigenvalue weighted by atomic mass is 32.1. The number of benzene rings is 2. The summed E-state index contributed by atoms with van der Waals surface area (Å²) in [4.78, 5) is 30.2. The first kappa shape index (κ1) is 27.4. The van der Waals surface area contributed by atoms with Gasteiger partial charge in [-0.1, -0.05) is 51.0 Å². The summed E-state index contributed by atoms with van der Waals surface area (Å²) in [6, 6.07) is 14.7. The van der Waals surface area contributed by atoms with Gasteiger partial charge in [-0.25, -0.2) is 9.78 Å². The van der Waals surface area contributed by atoms with Crippen molar-refractivity contribution in [1.29, 1.82) is 0 Å². The number of nitrogens with zero attached hydrogens (tertiary/aromatic N) is 1. The molecule has 202 valence electrons. The number of hydrogen-bond donors (Lipinski definition) is 3. The molecule has 0 aliphatic heterocycles. The second-order valence-corrected chi connectivity index (χ2v) is 10.6. The highest BCUT2D eigenvalue weighted by Crippen LogP contribution is 2.25. The number of rotatable bonds is 10. The van der Waals surface area contributed by atoms with E-state index in [1.54, 1.807) is 11.4 Å². The summed E-state index contributed by atoms with van der Waals surface area (Å²) >= 11 is 1.40. The van der Waals surface area contributed by atoms with Crippen LogP contribution in [-0.2, 0) is 6.61 Å². The molecule has 0 unspecified atom stereocenters. The van der Waals surface area contributed by atoms with Crippen molar-refractivity contribution in [2.45, 2.75) is 71.1 Å². The lowest BCUT2D eigenvalue weighted by molar-refractivity contribution is 0.0911. The molecule has 9 heteroatoms. The number of thiazole rings is 1. The van der Waals surface area contributed by atoms with E-state index in [4.69, 9.17) is 9.47 Å². The number of hydrogen-bond acceptors (Lipinski definition) is 6. The largest absolute Gasteiger partial charge is 0.492 e. The Kier molecular flexibility index (Phi) is 9.59. The number of nitrogens with one attached hydrogen (secondary N) is 3. The van der Waals surface area contributed by atoms with Crippen LogP contribution in [0.2, 0.25) is 0 Å². The summed E-state index contributed by atoms with van der Waals surface area (Å²) in [5.74, 6) is 1.62. The molecule has 1 aliphatic carbocycles. The molecule has 1 aliphatic rings. The van der Waals surface area contributed by atoms with Crippen molar-refractivity contribution in [2.75, 3.05) is 11.9 Å². The summed E-state index contributed by atoms with van der Waals surface area (Å²) in [6.45, 7) is 7.02. The second kappa shape index (κ2) is 13.3. The minimum absolute atomic E-state index is 0.176. The summed E-state index contributed by atoms with van der Waals surface area (Å²) in [5, 5.41) is 11.5. The molecule has 2 atom stereocenters. The van der Waals surface area contributed by atoms with Crippen LogP contribution in [0.15, 0.2) is 53.9 Å². The Bertz CT molecular complexity index is 1210. The Morgan fingerprint density at radius 1 is 1.00 bits per heavy atom. The topological polar surface area (TPSA) is 102 Å². The van der Waals surface area contributed by atoms with Gasteiger partial charge in [-0.2, -0.15) is 0 Å². The molecule has 0 saturated heterocycles. The number of ether oxygens (including phenoxy) is 2. The summed E-state index contributed by atoms with van der Waals surface area (Å²) in [6.07, 6.45) is 3.56. The van der Waals surface area contributed by atoms with E-state index in [1.165, 1.54) is 16.9 Å². The summed E-state index contributed by atoms with van der Waals surface area (Å²) < 4.78 is 11.4. The van der Waals surface area contributed by atoms with E-state index in [0.717, 1.165) is 36.4 Å². The zero-order valence-electron chi connectivity index (χ0n) is 22.2. The maximum Gasteiger partial charge on any atom is 0.319 e. The molecule has 3 aromatic rings. The van der Waals surface area contributed by atoms with Gasteiger partial charge in [0.1, 0.15) is 28.8 Å². The molecule has 1 fully saturated rings. The van der Waals surface area contributed by atoms with Crippen LogP contribution in [-0.4, -0.2) is 35.6 Å². The van der Waals surface area contributed by atoms with E-state index < -0.39 is 0 Å². The quantitative estimate of drug-likeness (QED) is 0.290. The third kappa shape index (κ3) is 7.47. The zero-order valence-corrected chi connectivity index (χ0v) is 23.0. The number of urea groups is 1. The Morgan fingerprint density at radius 3 is 2.42 bits per heavy atom. The van der Waals surface area contributed by atoms with Gasteiger partial charge in [-0.05, 0) is 55.5 Å². The van der Waals surface area contributed by atoms with Crippen molar-refractivity contribution < 1.29 is 19.1 Å². The Labute approximate surface area is 228 Å². The number of para-hydroxylation sites is 2. The van der Waals surface area contributed by atoms with Crippen LogP contribution >= 0.6 is 11.3 Å². The van der Waals surface area contributed by atoms with Crippen molar-refractivity contribution >= 4 is 29.0 Å². The van der Waals surface area contributed by atoms with Crippen LogP contribution in [0.3, 0.4) is 0 Å². The molecular weight excluding hydrogens is 500 g/mol. The van der Waals surface area contributed by atoms with Crippen LogP contribution in [0.4, 0.5) is 10.5 Å². The maximum atomic E-state index is 13.0. The smallest absolute Gasteiger partial charge is 0.319 e. The standard InChI is InChI=1S/C29H36N4O4S/c1-4-36-26-12-8-7-11-24(26)33-29(35)32-23-10-6-5-9-22(23)31-28(34)25-18-38-27(30-25)17-37-21-15-13-20(14-16-21)19(2)3/h7-8,11-16,18-19,22-23H,4-6,9-10,17H2,1-3H3,(H,31,34)(H2,32,33,35)/t22-,23-/m0/s1. The average Bonchev–Trinajstić information content (AvgIpc) is 3.39. The third-order valence-electron chi connectivity index (χ3n) is 6.53. The van der Waals surface area contributed by atoms with Crippen LogP contribution in [0.25, 0.3) is 0 Å². The highest BCUT2D eigenvalue weighted by molar-refractivity contribution is 7.09. The van der Waals surface area contributed by atoms with Crippen molar-refractivity contribution in [2.24, 2.45) is 0 Å². The van der Waals surface area contributed by atoms with Gasteiger partial charge < -0.3 is 25.4 Å². The first-order valence-electron chi connectivity index (χ1n) is 13.2. The minimum Gasteiger partial charge on any atom is -0.492 e. The molecule has 1 saturated carbocycles. The lowest BCUT2D eigenvalue weighted by Gasteiger charge is -2.32. The molecule has 1 aromatic heterocycles. The summed E-state index contributed by atoms with van der Waals surface area (Å²) in [7, 11) is 0. The number of aromatic nitrogens is 1. The maximum absolute atomic E-state index is 13.0. The van der Waals surface area contributed by atoms with Gasteiger partial charge in [-0.3, -0.25) is 4.79 Å². The predicted molar refractivity (Wildman–Crippen MR) is 150 cm³/mol. The first-order chi connectivity index (χ1) is 18.4. The number of carbonyl (C=O) groups excluding carboxylic acids is 2. The van der Waals surface area contributed by atoms with Gasteiger partial charge in [0.15, 0.2) is 0 Å². The highest BCUT2D eigenvalue weighted by Gasteiger charge is 2.29. The molecule has 8 nitrogen and oxygen atoms in total. The SMILES string of the molecule is CCOc1ccccc1NC(=O)N[C@H]1CCCC[C@@H]1NC(=O)c1csc(COc2ccc(C(C)C)cc2)n1. The normalized spacial score (nSPS) is 17.1. The van der Waals surface area contributed by atoms with E-state index in [2.05, 4.69) is 46.9 Å². The zero-order chi connectivity index (χ0) is 26.9. The molecule has 3 N–H and O–H groups in total. The molecule has 0 bridgehead atoms. The number of carbonyl (C=O) groups is 2. The van der Waals surface area contributed by atoms with Crippen molar-refractivity contribution in [3.05, 3.63) is 70.2 Å². The van der Waals surface area contributed by atoms with Gasteiger partial charge in [0, 0.05) is 11.4 Å². The number of amides is 3. The van der Waals surface area contributed by atoms with Crippen molar-refractivity contribution in [3.8, 4) is 11.5 Å². The Morgan fingerprint density at radius 2 is 1.71 bits per heavy atom. The minimum atomic E-state index is -0.321. The number of anilines is 1. The van der Waals surface area contributed by atoms with Gasteiger partial charge in [-0.15, -0.1) is 11.3 Å². The molecule has 0 radical (unpaired) electrons. The molecule has 4 rings (SSSR count). The molecule has 0 spiro atoms. The Hall–Kier alpha value is -3.59. The van der Waals surface area contributed by atoms with Gasteiger partial charge in [0.25, 0.3) is 5.91 Å². The van der Waals surface area contributed by atoms with Crippen LogP contribution in [0.5, 0.6) is 11.5 Å². The van der Waals surface area contributed by atoms with Crippen LogP contribution < -0.4 is 25.4 Å². The van der Waals surface area contributed by atoms with Gasteiger partial charge in [0.05, 0.1) is 18.3 Å². The van der Waals surface area contributed by atoms with Crippen LogP contribution in [0, 0.1) is 0 Å². The molecule has 2 aromatic carbocycles. The molecular formula is C29H36N4O4S. The molecule has 1 heterocycles. The average molecular weight is 537 g/mol. The molecule has 38 heavy (non-hydrogen) atoms. The van der Waals surface area contributed by atoms with E-state index in [9.17, 15) is 9.59 Å². The van der Waals surface area contributed by atoms with E-state index >= 15 is 0 Å². The summed E-state index contributed by atoms with van der Waals surface area (Å²) in [5.41, 5.74) is 2.23. The fourth-order valence-electron chi connectivity index (χ4n) is 4.47. The fraction of sp³-hybridized carbons (Fsp3) is 0.414. The van der Waals surface area contributed by atoms with Crippen molar-refractivity contribution in [3.63, 3.8) is 0 Å². The van der Waals surface area contributed by atoms with E-state index in [-0.39, 0.29) is 24.0 Å². The lowest BCUT2D eigenvalue weighted by Crippen LogP contribution is -2.54. The van der Waals surface area contributed by atoms with E-state index in [0.29, 0.717) is 36.3 Å². The lowest BCUT2D eigenvalue weighted by atomic mass is 9.90. The first-order valence-corrected chi connectivity index (χ1v) is 14.1. The van der Waals surface area contributed by atoms with E-state index in [1.807, 2.05) is 37.3 Å². The second-order valence-electron chi connectivity index (χ2n) is 9.64. The van der Waals surface area contributed by atoms with Gasteiger partial charge >= 0.3 is 6.03 Å². The monoisotopic (exact) mass is 536 g/mol. The van der Waals surface area contributed by atoms with Crippen LogP contribution in [0.1, 0.15) is 73.4 Å². The third-order valence-corrected chi connectivity index (χ3v) is 7.35. The Balaban J connectivity index is 1.30. The predicted octanol–water partition coefficient (Wildman–Crippen LogP) is 6.11.